The third-order valence-electron chi connectivity index (χ3n) is 4.54. The quantitative estimate of drug-likeness (QED) is 0.669. The summed E-state index contributed by atoms with van der Waals surface area (Å²) in [7, 11) is 1.36. The molecular weight excluding hydrogens is 342 g/mol. The van der Waals surface area contributed by atoms with Gasteiger partial charge in [-0.25, -0.2) is 9.78 Å². The van der Waals surface area contributed by atoms with Crippen LogP contribution in [0.2, 0.25) is 0 Å². The molecule has 138 valence electrons. The van der Waals surface area contributed by atoms with Crippen LogP contribution in [-0.4, -0.2) is 28.0 Å². The molecule has 0 aliphatic heterocycles. The Morgan fingerprint density at radius 3 is 2.48 bits per heavy atom. The number of nitrogens with two attached hydrogens (primary N) is 2. The van der Waals surface area contributed by atoms with Gasteiger partial charge in [0.1, 0.15) is 5.82 Å². The van der Waals surface area contributed by atoms with Gasteiger partial charge in [0, 0.05) is 6.20 Å². The van der Waals surface area contributed by atoms with Gasteiger partial charge in [0.25, 0.3) is 0 Å². The monoisotopic (exact) mass is 363 g/mol. The minimum Gasteiger partial charge on any atom is -0.465 e. The highest BCUT2D eigenvalue weighted by Gasteiger charge is 2.12. The average molecular weight is 363 g/mol. The van der Waals surface area contributed by atoms with E-state index in [4.69, 9.17) is 16.2 Å². The van der Waals surface area contributed by atoms with Gasteiger partial charge >= 0.3 is 5.97 Å². The molecule has 0 aliphatic carbocycles. The zero-order chi connectivity index (χ0) is 19.6. The summed E-state index contributed by atoms with van der Waals surface area (Å²) in [6.07, 6.45) is 3.27. The lowest BCUT2D eigenvalue weighted by Gasteiger charge is -2.11. The maximum atomic E-state index is 11.5. The number of aromatic nitrogens is 3. The van der Waals surface area contributed by atoms with Gasteiger partial charge in [0.05, 0.1) is 18.1 Å². The number of hydrogen-bond donors (Lipinski definition) is 2. The van der Waals surface area contributed by atoms with Crippen molar-refractivity contribution in [2.75, 3.05) is 18.6 Å². The van der Waals surface area contributed by atoms with E-state index < -0.39 is 0 Å². The Bertz CT molecular complexity index is 1030. The first kappa shape index (κ1) is 18.3. The number of pyridine rings is 1. The van der Waals surface area contributed by atoms with Crippen LogP contribution in [-0.2, 0) is 11.2 Å². The highest BCUT2D eigenvalue weighted by Crippen LogP contribution is 2.26. The number of fused-ring (bicyclic) bond motifs is 1. The first-order valence-corrected chi connectivity index (χ1v) is 8.44. The van der Waals surface area contributed by atoms with Crippen LogP contribution in [0.15, 0.2) is 37.0 Å². The molecule has 1 aromatic carbocycles. The molecule has 2 aromatic heterocycles. The van der Waals surface area contributed by atoms with Crippen molar-refractivity contribution in [3.8, 4) is 0 Å². The van der Waals surface area contributed by atoms with Crippen molar-refractivity contribution in [2.24, 2.45) is 0 Å². The van der Waals surface area contributed by atoms with Crippen molar-refractivity contribution in [1.82, 2.24) is 15.0 Å². The zero-order valence-corrected chi connectivity index (χ0v) is 15.3. The van der Waals surface area contributed by atoms with Crippen molar-refractivity contribution in [3.63, 3.8) is 0 Å². The molecule has 7 heteroatoms. The van der Waals surface area contributed by atoms with E-state index in [9.17, 15) is 4.79 Å². The van der Waals surface area contributed by atoms with E-state index >= 15 is 0 Å². The molecule has 0 unspecified atom stereocenters. The normalized spacial score (nSPS) is 10.7. The van der Waals surface area contributed by atoms with Crippen LogP contribution in [0.3, 0.4) is 0 Å². The molecule has 0 aliphatic rings. The van der Waals surface area contributed by atoms with E-state index in [-0.39, 0.29) is 11.9 Å². The molecule has 0 saturated heterocycles. The summed E-state index contributed by atoms with van der Waals surface area (Å²) in [6.45, 7) is 6.13. The lowest BCUT2D eigenvalue weighted by Crippen LogP contribution is -2.04. The summed E-state index contributed by atoms with van der Waals surface area (Å²) in [4.78, 5) is 24.0. The van der Waals surface area contributed by atoms with Crippen LogP contribution >= 0.6 is 0 Å². The van der Waals surface area contributed by atoms with E-state index in [2.05, 4.69) is 21.5 Å². The number of aryl methyl sites for hydroxylation is 2. The van der Waals surface area contributed by atoms with E-state index in [1.54, 1.807) is 18.3 Å². The summed E-state index contributed by atoms with van der Waals surface area (Å²) in [5.41, 5.74) is 16.6. The Kier molecular flexibility index (Phi) is 5.03. The summed E-state index contributed by atoms with van der Waals surface area (Å²) in [6, 6.07) is 7.21. The molecule has 0 fully saturated rings. The van der Waals surface area contributed by atoms with E-state index in [0.717, 1.165) is 40.5 Å². The second kappa shape index (κ2) is 7.41. The molecule has 3 aromatic rings. The molecule has 7 nitrogen and oxygen atoms in total. The number of methoxy groups -OCH3 is 1. The zero-order valence-electron chi connectivity index (χ0n) is 15.3. The van der Waals surface area contributed by atoms with Gasteiger partial charge in [0.2, 0.25) is 5.95 Å². The maximum absolute atomic E-state index is 11.5. The number of esters is 1. The van der Waals surface area contributed by atoms with Gasteiger partial charge in [0.15, 0.2) is 5.65 Å². The average Bonchev–Trinajstić information content (AvgIpc) is 2.66. The first-order valence-electron chi connectivity index (χ1n) is 8.44. The van der Waals surface area contributed by atoms with Crippen LogP contribution in [0.5, 0.6) is 0 Å². The standard InChI is InChI=1S/C20H21N5O2/c1-11(13-6-8-14(9-7-13)19(26)27-3)4-5-15-10-23-18-16(12(15)2)17(21)24-20(22)25-18/h6-10H,1,4-5H2,2-3H3,(H4,21,22,23,24,25). The molecule has 0 saturated carbocycles. The fourth-order valence-corrected chi connectivity index (χ4v) is 2.97. The third kappa shape index (κ3) is 3.72. The van der Waals surface area contributed by atoms with Crippen LogP contribution in [0.25, 0.3) is 16.6 Å². The van der Waals surface area contributed by atoms with E-state index in [1.807, 2.05) is 19.1 Å². The minimum absolute atomic E-state index is 0.114. The Hall–Kier alpha value is -3.48. The SMILES string of the molecule is C=C(CCc1cnc2nc(N)nc(N)c2c1C)c1ccc(C(=O)OC)cc1. The summed E-state index contributed by atoms with van der Waals surface area (Å²) < 4.78 is 4.71. The molecule has 27 heavy (non-hydrogen) atoms. The lowest BCUT2D eigenvalue weighted by atomic mass is 9.97. The van der Waals surface area contributed by atoms with Gasteiger partial charge in [-0.3, -0.25) is 0 Å². The van der Waals surface area contributed by atoms with Gasteiger partial charge in [-0.1, -0.05) is 18.7 Å². The third-order valence-corrected chi connectivity index (χ3v) is 4.54. The van der Waals surface area contributed by atoms with Gasteiger partial charge in [-0.2, -0.15) is 9.97 Å². The molecule has 0 radical (unpaired) electrons. The largest absolute Gasteiger partial charge is 0.465 e. The number of benzene rings is 1. The number of carbonyl (C=O) groups excluding carboxylic acids is 1. The summed E-state index contributed by atoms with van der Waals surface area (Å²) in [5, 5.41) is 0.731. The van der Waals surface area contributed by atoms with Crippen LogP contribution in [0, 0.1) is 6.92 Å². The van der Waals surface area contributed by atoms with Crippen molar-refractivity contribution in [3.05, 3.63) is 59.3 Å². The number of rotatable bonds is 5. The number of nitrogens with zero attached hydrogens (tertiary/aromatic N) is 3. The topological polar surface area (TPSA) is 117 Å². The second-order valence-corrected chi connectivity index (χ2v) is 6.25. The predicted octanol–water partition coefficient (Wildman–Crippen LogP) is 2.93. The molecular formula is C20H21N5O2. The summed E-state index contributed by atoms with van der Waals surface area (Å²) >= 11 is 0. The number of nitrogen functional groups attached to an aromatic ring is 2. The Morgan fingerprint density at radius 2 is 1.81 bits per heavy atom. The summed E-state index contributed by atoms with van der Waals surface area (Å²) in [5.74, 6) is 0.0930. The molecule has 2 heterocycles. The fraction of sp³-hybridized carbons (Fsp3) is 0.200. The fourth-order valence-electron chi connectivity index (χ4n) is 2.97. The molecule has 0 atom stereocenters. The predicted molar refractivity (Wildman–Crippen MR) is 106 cm³/mol. The smallest absolute Gasteiger partial charge is 0.337 e. The van der Waals surface area contributed by atoms with Crippen molar-refractivity contribution in [2.45, 2.75) is 19.8 Å². The highest BCUT2D eigenvalue weighted by atomic mass is 16.5. The Balaban J connectivity index is 1.77. The molecule has 0 amide bonds. The van der Waals surface area contributed by atoms with Crippen molar-refractivity contribution < 1.29 is 9.53 Å². The van der Waals surface area contributed by atoms with Crippen LogP contribution in [0.1, 0.15) is 33.5 Å². The minimum atomic E-state index is -0.356. The lowest BCUT2D eigenvalue weighted by molar-refractivity contribution is 0.0600. The molecule has 0 bridgehead atoms. The second-order valence-electron chi connectivity index (χ2n) is 6.25. The van der Waals surface area contributed by atoms with Crippen molar-refractivity contribution in [1.29, 1.82) is 0 Å². The van der Waals surface area contributed by atoms with Crippen LogP contribution in [0.4, 0.5) is 11.8 Å². The highest BCUT2D eigenvalue weighted by molar-refractivity contribution is 5.90. The Labute approximate surface area is 157 Å². The van der Waals surface area contributed by atoms with E-state index in [0.29, 0.717) is 17.0 Å². The van der Waals surface area contributed by atoms with Crippen molar-refractivity contribution >= 4 is 34.3 Å². The number of allylic oxidation sites excluding steroid dienone is 1. The molecule has 4 N–H and O–H groups in total. The number of carbonyl (C=O) groups is 1. The Morgan fingerprint density at radius 1 is 1.15 bits per heavy atom. The maximum Gasteiger partial charge on any atom is 0.337 e. The molecule has 0 spiro atoms. The first-order chi connectivity index (χ1) is 12.9. The van der Waals surface area contributed by atoms with Gasteiger partial charge < -0.3 is 16.2 Å². The molecule has 3 rings (SSSR count). The van der Waals surface area contributed by atoms with Gasteiger partial charge in [-0.15, -0.1) is 0 Å². The number of anilines is 2. The number of ether oxygens (including phenoxy) is 1. The van der Waals surface area contributed by atoms with Crippen LogP contribution < -0.4 is 11.5 Å². The van der Waals surface area contributed by atoms with Gasteiger partial charge in [-0.05, 0) is 54.2 Å². The van der Waals surface area contributed by atoms with E-state index in [1.165, 1.54) is 7.11 Å². The number of hydrogen-bond acceptors (Lipinski definition) is 7.